The minimum atomic E-state index is -0.408. The van der Waals surface area contributed by atoms with Crippen LogP contribution in [-0.2, 0) is 0 Å². The Labute approximate surface area is 116 Å². The van der Waals surface area contributed by atoms with E-state index >= 15 is 0 Å². The second kappa shape index (κ2) is 5.88. The zero-order chi connectivity index (χ0) is 13.8. The molecule has 0 radical (unpaired) electrons. The molecule has 5 nitrogen and oxygen atoms in total. The predicted molar refractivity (Wildman–Crippen MR) is 79.0 cm³/mol. The van der Waals surface area contributed by atoms with Gasteiger partial charge in [-0.1, -0.05) is 23.9 Å². The topological polar surface area (TPSA) is 58.7 Å². The van der Waals surface area contributed by atoms with Crippen molar-refractivity contribution in [3.8, 4) is 0 Å². The van der Waals surface area contributed by atoms with Crippen molar-refractivity contribution in [3.63, 3.8) is 0 Å². The van der Waals surface area contributed by atoms with Gasteiger partial charge in [-0.3, -0.25) is 10.1 Å². The number of nitro groups is 1. The molecule has 0 unspecified atom stereocenters. The first kappa shape index (κ1) is 13.6. The standard InChI is InChI=1S/C13H15N3O2S/c1-10(2)9-15-7-8-19-13(15)14-11-3-5-12(6-4-11)16(17)18/h3-6H,1,7-9H2,2H3/b14-13-. The molecule has 0 aromatic heterocycles. The summed E-state index contributed by atoms with van der Waals surface area (Å²) in [6, 6.07) is 6.29. The first-order chi connectivity index (χ1) is 9.06. The number of rotatable bonds is 4. The maximum atomic E-state index is 10.6. The van der Waals surface area contributed by atoms with Gasteiger partial charge in [-0.2, -0.15) is 0 Å². The molecule has 1 saturated heterocycles. The molecule has 0 amide bonds. The molecule has 1 aliphatic heterocycles. The second-order valence-corrected chi connectivity index (χ2v) is 5.46. The van der Waals surface area contributed by atoms with E-state index in [0.717, 1.165) is 35.3 Å². The molecule has 2 rings (SSSR count). The number of benzene rings is 1. The number of aliphatic imine (C=N–C) groups is 1. The van der Waals surface area contributed by atoms with E-state index in [1.54, 1.807) is 23.9 Å². The number of hydrogen-bond donors (Lipinski definition) is 0. The molecule has 6 heteroatoms. The van der Waals surface area contributed by atoms with Crippen LogP contribution >= 0.6 is 11.8 Å². The number of nitro benzene ring substituents is 1. The average Bonchev–Trinajstić information content (AvgIpc) is 2.76. The molecule has 0 saturated carbocycles. The van der Waals surface area contributed by atoms with Gasteiger partial charge in [0, 0.05) is 31.0 Å². The lowest BCUT2D eigenvalue weighted by Crippen LogP contribution is -2.25. The molecule has 1 heterocycles. The first-order valence-corrected chi connectivity index (χ1v) is 6.90. The van der Waals surface area contributed by atoms with E-state index in [0.29, 0.717) is 0 Å². The van der Waals surface area contributed by atoms with Crippen LogP contribution in [0.15, 0.2) is 41.4 Å². The minimum absolute atomic E-state index is 0.0850. The highest BCUT2D eigenvalue weighted by molar-refractivity contribution is 8.14. The summed E-state index contributed by atoms with van der Waals surface area (Å²) >= 11 is 1.70. The fourth-order valence-corrected chi connectivity index (χ4v) is 2.77. The summed E-state index contributed by atoms with van der Waals surface area (Å²) in [5.74, 6) is 1.01. The van der Waals surface area contributed by atoms with E-state index in [1.165, 1.54) is 12.1 Å². The monoisotopic (exact) mass is 277 g/mol. The van der Waals surface area contributed by atoms with Crippen LogP contribution in [0.1, 0.15) is 6.92 Å². The Kier molecular flexibility index (Phi) is 4.21. The van der Waals surface area contributed by atoms with Gasteiger partial charge < -0.3 is 4.90 Å². The van der Waals surface area contributed by atoms with Crippen molar-refractivity contribution < 1.29 is 4.92 Å². The molecule has 1 aliphatic rings. The van der Waals surface area contributed by atoms with E-state index in [4.69, 9.17) is 0 Å². The fourth-order valence-electron chi connectivity index (χ4n) is 1.77. The van der Waals surface area contributed by atoms with Crippen molar-refractivity contribution >= 4 is 28.3 Å². The van der Waals surface area contributed by atoms with Gasteiger partial charge in [0.2, 0.25) is 0 Å². The lowest BCUT2D eigenvalue weighted by Gasteiger charge is -2.17. The van der Waals surface area contributed by atoms with Gasteiger partial charge in [0.1, 0.15) is 0 Å². The molecule has 100 valence electrons. The van der Waals surface area contributed by atoms with Crippen LogP contribution in [0, 0.1) is 10.1 Å². The molecule has 0 N–H and O–H groups in total. The number of non-ortho nitro benzene ring substituents is 1. The molecule has 1 fully saturated rings. The van der Waals surface area contributed by atoms with Crippen molar-refractivity contribution in [1.29, 1.82) is 0 Å². The van der Waals surface area contributed by atoms with E-state index in [9.17, 15) is 10.1 Å². The average molecular weight is 277 g/mol. The molecular weight excluding hydrogens is 262 g/mol. The van der Waals surface area contributed by atoms with E-state index in [2.05, 4.69) is 16.5 Å². The van der Waals surface area contributed by atoms with Crippen LogP contribution in [0.3, 0.4) is 0 Å². The normalized spacial score (nSPS) is 16.9. The molecule has 1 aromatic rings. The van der Waals surface area contributed by atoms with Crippen LogP contribution in [0.2, 0.25) is 0 Å². The van der Waals surface area contributed by atoms with Gasteiger partial charge in [0.05, 0.1) is 10.6 Å². The van der Waals surface area contributed by atoms with Gasteiger partial charge in [-0.15, -0.1) is 0 Å². The fraction of sp³-hybridized carbons (Fsp3) is 0.308. The van der Waals surface area contributed by atoms with Crippen LogP contribution in [0.25, 0.3) is 0 Å². The summed E-state index contributed by atoms with van der Waals surface area (Å²) < 4.78 is 0. The predicted octanol–water partition coefficient (Wildman–Crippen LogP) is 3.21. The third-order valence-electron chi connectivity index (χ3n) is 2.61. The molecule has 0 spiro atoms. The summed E-state index contributed by atoms with van der Waals surface area (Å²) in [5.41, 5.74) is 1.92. The van der Waals surface area contributed by atoms with E-state index < -0.39 is 4.92 Å². The number of nitrogens with zero attached hydrogens (tertiary/aromatic N) is 3. The summed E-state index contributed by atoms with van der Waals surface area (Å²) in [7, 11) is 0. The lowest BCUT2D eigenvalue weighted by atomic mass is 10.3. The maximum Gasteiger partial charge on any atom is 0.269 e. The Bertz CT molecular complexity index is 525. The Morgan fingerprint density at radius 1 is 1.53 bits per heavy atom. The van der Waals surface area contributed by atoms with E-state index in [1.807, 2.05) is 6.92 Å². The highest BCUT2D eigenvalue weighted by Gasteiger charge is 2.19. The van der Waals surface area contributed by atoms with Gasteiger partial charge >= 0.3 is 0 Å². The van der Waals surface area contributed by atoms with Crippen LogP contribution in [-0.4, -0.2) is 33.8 Å². The molecule has 0 aliphatic carbocycles. The smallest absolute Gasteiger partial charge is 0.269 e. The molecule has 19 heavy (non-hydrogen) atoms. The van der Waals surface area contributed by atoms with Gasteiger partial charge in [-0.25, -0.2) is 4.99 Å². The van der Waals surface area contributed by atoms with Crippen LogP contribution in [0.5, 0.6) is 0 Å². The SMILES string of the molecule is C=C(C)CN1CCS/C1=N\c1ccc([N+](=O)[O-])cc1. The Balaban J connectivity index is 2.15. The van der Waals surface area contributed by atoms with Gasteiger partial charge in [0.15, 0.2) is 5.17 Å². The highest BCUT2D eigenvalue weighted by Crippen LogP contribution is 2.24. The molecule has 0 atom stereocenters. The summed E-state index contributed by atoms with van der Waals surface area (Å²) in [5, 5.41) is 11.5. The third kappa shape index (κ3) is 3.57. The second-order valence-electron chi connectivity index (χ2n) is 4.40. The lowest BCUT2D eigenvalue weighted by molar-refractivity contribution is -0.384. The minimum Gasteiger partial charge on any atom is -0.346 e. The highest BCUT2D eigenvalue weighted by atomic mass is 32.2. The Morgan fingerprint density at radius 2 is 2.21 bits per heavy atom. The zero-order valence-corrected chi connectivity index (χ0v) is 11.5. The van der Waals surface area contributed by atoms with Crippen molar-refractivity contribution in [2.24, 2.45) is 4.99 Å². The Hall–Kier alpha value is -1.82. The number of hydrogen-bond acceptors (Lipinski definition) is 4. The molecular formula is C13H15N3O2S. The zero-order valence-electron chi connectivity index (χ0n) is 10.7. The van der Waals surface area contributed by atoms with Crippen molar-refractivity contribution in [3.05, 3.63) is 46.5 Å². The number of amidine groups is 1. The van der Waals surface area contributed by atoms with Crippen LogP contribution in [0.4, 0.5) is 11.4 Å². The molecule has 0 bridgehead atoms. The molecule has 1 aromatic carbocycles. The van der Waals surface area contributed by atoms with Crippen molar-refractivity contribution in [1.82, 2.24) is 4.90 Å². The summed E-state index contributed by atoms with van der Waals surface area (Å²) in [6.07, 6.45) is 0. The van der Waals surface area contributed by atoms with Crippen LogP contribution < -0.4 is 0 Å². The Morgan fingerprint density at radius 3 is 2.79 bits per heavy atom. The first-order valence-electron chi connectivity index (χ1n) is 5.91. The van der Waals surface area contributed by atoms with Gasteiger partial charge in [0.25, 0.3) is 5.69 Å². The van der Waals surface area contributed by atoms with Crippen molar-refractivity contribution in [2.75, 3.05) is 18.8 Å². The quantitative estimate of drug-likeness (QED) is 0.481. The van der Waals surface area contributed by atoms with Crippen molar-refractivity contribution in [2.45, 2.75) is 6.92 Å². The maximum absolute atomic E-state index is 10.6. The largest absolute Gasteiger partial charge is 0.346 e. The van der Waals surface area contributed by atoms with Gasteiger partial charge in [-0.05, 0) is 19.1 Å². The summed E-state index contributed by atoms with van der Waals surface area (Å²) in [6.45, 7) is 7.67. The van der Waals surface area contributed by atoms with E-state index in [-0.39, 0.29) is 5.69 Å². The third-order valence-corrected chi connectivity index (χ3v) is 3.60. The summed E-state index contributed by atoms with van der Waals surface area (Å²) in [4.78, 5) is 16.9. The number of thioether (sulfide) groups is 1.